The fraction of sp³-hybridized carbons (Fsp3) is 0.517. The van der Waals surface area contributed by atoms with E-state index >= 15 is 0 Å². The summed E-state index contributed by atoms with van der Waals surface area (Å²) >= 11 is 0. The Labute approximate surface area is 223 Å². The lowest BCUT2D eigenvalue weighted by atomic mass is 9.75. The Morgan fingerprint density at radius 2 is 1.79 bits per heavy atom. The summed E-state index contributed by atoms with van der Waals surface area (Å²) in [5.74, 6) is -0.386. The molecule has 2 aliphatic carbocycles. The first-order valence-corrected chi connectivity index (χ1v) is 13.2. The average molecular weight is 520 g/mol. The first-order valence-electron chi connectivity index (χ1n) is 13.2. The number of rotatable bonds is 4. The van der Waals surface area contributed by atoms with Crippen molar-refractivity contribution < 1.29 is 19.1 Å². The Hall–Kier alpha value is -3.62. The third kappa shape index (κ3) is 4.93. The summed E-state index contributed by atoms with van der Waals surface area (Å²) in [6.07, 6.45) is 2.50. The monoisotopic (exact) mass is 519 g/mol. The molecule has 3 aliphatic rings. The van der Waals surface area contributed by atoms with Crippen LogP contribution >= 0.6 is 0 Å². The lowest BCUT2D eigenvalue weighted by Crippen LogP contribution is -2.37. The predicted octanol–water partition coefficient (Wildman–Crippen LogP) is 4.56. The predicted molar refractivity (Wildman–Crippen MR) is 145 cm³/mol. The van der Waals surface area contributed by atoms with Gasteiger partial charge in [0.15, 0.2) is 5.78 Å². The normalized spacial score (nSPS) is 19.0. The Balaban J connectivity index is 1.36. The largest absolute Gasteiger partial charge is 0.444 e. The van der Waals surface area contributed by atoms with E-state index in [0.717, 1.165) is 36.3 Å². The van der Waals surface area contributed by atoms with Gasteiger partial charge in [0.05, 0.1) is 28.2 Å². The van der Waals surface area contributed by atoms with Gasteiger partial charge < -0.3 is 20.7 Å². The molecular formula is C29H37N5O4. The zero-order valence-electron chi connectivity index (χ0n) is 23.1. The fourth-order valence-electron chi connectivity index (χ4n) is 5.95. The molecular weight excluding hydrogens is 482 g/mol. The molecule has 0 bridgehead atoms. The minimum absolute atomic E-state index is 0.0860. The molecule has 0 saturated carbocycles. The summed E-state index contributed by atoms with van der Waals surface area (Å²) in [5, 5.41) is 8.26. The van der Waals surface area contributed by atoms with Crippen LogP contribution in [0, 0.1) is 12.3 Å². The van der Waals surface area contributed by atoms with Crippen LogP contribution in [0.1, 0.15) is 86.0 Å². The topological polar surface area (TPSA) is 120 Å². The van der Waals surface area contributed by atoms with Gasteiger partial charge in [-0.2, -0.15) is 5.10 Å². The Morgan fingerprint density at radius 3 is 2.39 bits per heavy atom. The molecule has 1 aliphatic heterocycles. The Bertz CT molecular complexity index is 1360. The molecule has 0 fully saturated rings. The van der Waals surface area contributed by atoms with Crippen molar-refractivity contribution in [1.29, 1.82) is 0 Å². The van der Waals surface area contributed by atoms with E-state index in [4.69, 9.17) is 15.6 Å². The second-order valence-electron chi connectivity index (χ2n) is 12.6. The van der Waals surface area contributed by atoms with Gasteiger partial charge >= 0.3 is 6.09 Å². The number of benzene rings is 1. The quantitative estimate of drug-likeness (QED) is 0.572. The summed E-state index contributed by atoms with van der Waals surface area (Å²) in [4.78, 5) is 39.4. The summed E-state index contributed by atoms with van der Waals surface area (Å²) in [5.41, 5.74) is 11.7. The molecule has 1 aromatic carbocycles. The highest BCUT2D eigenvalue weighted by Gasteiger charge is 2.37. The van der Waals surface area contributed by atoms with Crippen molar-refractivity contribution in [1.82, 2.24) is 14.7 Å². The number of Topliss-reactive ketones (excluding diaryl/α,β-unsaturated/α-hetero) is 1. The number of hydrogen-bond acceptors (Lipinski definition) is 6. The van der Waals surface area contributed by atoms with E-state index in [1.54, 1.807) is 11.0 Å². The molecule has 38 heavy (non-hydrogen) atoms. The number of nitrogens with zero attached hydrogens (tertiary/aromatic N) is 3. The number of carbonyl (C=O) groups is 3. The van der Waals surface area contributed by atoms with E-state index < -0.39 is 11.5 Å². The standard InChI is InChI=1S/C29H37N5O4/c1-16-25-23(12-29(5,6)13-24(25)35)34(32-16)20-7-8-21(26(30)36)22(11-20)31-19-9-17-14-33(15-18(17)10-19)27(37)38-28(2,3)4/h7-8,11,19,31H,9-10,12-15H2,1-6H3,(H2,30,36). The number of nitrogens with one attached hydrogen (secondary N) is 1. The first-order chi connectivity index (χ1) is 17.7. The summed E-state index contributed by atoms with van der Waals surface area (Å²) in [6.45, 7) is 12.8. The molecule has 9 nitrogen and oxygen atoms in total. The fourth-order valence-corrected chi connectivity index (χ4v) is 5.95. The summed E-state index contributed by atoms with van der Waals surface area (Å²) in [6, 6.07) is 5.53. The molecule has 0 atom stereocenters. The number of ether oxygens (including phenoxy) is 1. The molecule has 1 aromatic heterocycles. The van der Waals surface area contributed by atoms with Gasteiger partial charge in [-0.15, -0.1) is 0 Å². The third-order valence-corrected chi connectivity index (χ3v) is 7.49. The number of anilines is 1. The van der Waals surface area contributed by atoms with Gasteiger partial charge in [0, 0.05) is 31.2 Å². The summed E-state index contributed by atoms with van der Waals surface area (Å²) in [7, 11) is 0. The zero-order chi connectivity index (χ0) is 27.6. The van der Waals surface area contributed by atoms with E-state index in [1.165, 1.54) is 11.1 Å². The van der Waals surface area contributed by atoms with E-state index in [0.29, 0.717) is 36.3 Å². The Morgan fingerprint density at radius 1 is 1.13 bits per heavy atom. The highest BCUT2D eigenvalue weighted by molar-refractivity contribution is 6.00. The number of hydrogen-bond donors (Lipinski definition) is 2. The number of ketones is 1. The summed E-state index contributed by atoms with van der Waals surface area (Å²) < 4.78 is 7.37. The first kappa shape index (κ1) is 26.0. The molecule has 9 heteroatoms. The molecule has 202 valence electrons. The lowest BCUT2D eigenvalue weighted by molar-refractivity contribution is 0.0296. The van der Waals surface area contributed by atoms with Crippen molar-refractivity contribution in [3.63, 3.8) is 0 Å². The van der Waals surface area contributed by atoms with Gasteiger partial charge in [-0.25, -0.2) is 9.48 Å². The van der Waals surface area contributed by atoms with E-state index in [1.807, 2.05) is 44.5 Å². The van der Waals surface area contributed by atoms with Crippen LogP contribution in [-0.2, 0) is 11.2 Å². The van der Waals surface area contributed by atoms with Gasteiger partial charge in [-0.3, -0.25) is 9.59 Å². The van der Waals surface area contributed by atoms with E-state index in [2.05, 4.69) is 19.2 Å². The number of nitrogens with two attached hydrogens (primary N) is 1. The molecule has 2 aromatic rings. The SMILES string of the molecule is Cc1nn(-c2ccc(C(N)=O)c(NC3CC4=C(C3)CN(C(=O)OC(C)(C)C)C4)c2)c2c1C(=O)CC(C)(C)C2. The molecule has 0 unspecified atom stereocenters. The highest BCUT2D eigenvalue weighted by atomic mass is 16.6. The highest BCUT2D eigenvalue weighted by Crippen LogP contribution is 2.38. The zero-order valence-corrected chi connectivity index (χ0v) is 23.1. The van der Waals surface area contributed by atoms with Crippen LogP contribution in [0.3, 0.4) is 0 Å². The van der Waals surface area contributed by atoms with E-state index in [-0.39, 0.29) is 23.3 Å². The number of carbonyl (C=O) groups excluding carboxylic acids is 3. The van der Waals surface area contributed by atoms with Gasteiger partial charge in [0.2, 0.25) is 0 Å². The van der Waals surface area contributed by atoms with Crippen molar-refractivity contribution in [2.75, 3.05) is 18.4 Å². The van der Waals surface area contributed by atoms with Crippen molar-refractivity contribution in [2.24, 2.45) is 11.1 Å². The molecule has 0 saturated heterocycles. The number of aryl methyl sites for hydroxylation is 1. The third-order valence-electron chi connectivity index (χ3n) is 7.49. The van der Waals surface area contributed by atoms with Crippen molar-refractivity contribution >= 4 is 23.5 Å². The number of amides is 2. The van der Waals surface area contributed by atoms with Crippen LogP contribution < -0.4 is 11.1 Å². The van der Waals surface area contributed by atoms with Crippen LogP contribution in [0.2, 0.25) is 0 Å². The smallest absolute Gasteiger partial charge is 0.410 e. The van der Waals surface area contributed by atoms with Gasteiger partial charge in [-0.05, 0) is 81.7 Å². The van der Waals surface area contributed by atoms with Crippen LogP contribution in [0.25, 0.3) is 5.69 Å². The average Bonchev–Trinajstić information content (AvgIpc) is 3.43. The Kier molecular flexibility index (Phi) is 6.16. The van der Waals surface area contributed by atoms with Crippen LogP contribution in [0.5, 0.6) is 0 Å². The maximum atomic E-state index is 12.9. The second kappa shape index (κ2) is 8.99. The molecule has 0 radical (unpaired) electrons. The molecule has 5 rings (SSSR count). The maximum absolute atomic E-state index is 12.9. The molecule has 3 N–H and O–H groups in total. The number of aromatic nitrogens is 2. The number of primary amides is 1. The minimum Gasteiger partial charge on any atom is -0.444 e. The number of fused-ring (bicyclic) bond motifs is 1. The van der Waals surface area contributed by atoms with Crippen molar-refractivity contribution in [3.8, 4) is 5.69 Å². The second-order valence-corrected chi connectivity index (χ2v) is 12.6. The molecule has 0 spiro atoms. The van der Waals surface area contributed by atoms with Gasteiger partial charge in [-0.1, -0.05) is 13.8 Å². The lowest BCUT2D eigenvalue weighted by Gasteiger charge is -2.29. The van der Waals surface area contributed by atoms with Crippen LogP contribution in [0.4, 0.5) is 10.5 Å². The maximum Gasteiger partial charge on any atom is 0.410 e. The van der Waals surface area contributed by atoms with Gasteiger partial charge in [0.25, 0.3) is 5.91 Å². The molecule has 2 heterocycles. The molecule has 2 amide bonds. The van der Waals surface area contributed by atoms with Gasteiger partial charge in [0.1, 0.15) is 5.60 Å². The minimum atomic E-state index is -0.528. The van der Waals surface area contributed by atoms with Crippen molar-refractivity contribution in [2.45, 2.75) is 78.9 Å². The van der Waals surface area contributed by atoms with E-state index in [9.17, 15) is 14.4 Å². The number of likely N-dealkylation sites (tertiary alicyclic amines) is 1. The van der Waals surface area contributed by atoms with Crippen molar-refractivity contribution in [3.05, 3.63) is 51.9 Å². The van der Waals surface area contributed by atoms with Crippen LogP contribution in [0.15, 0.2) is 29.3 Å². The van der Waals surface area contributed by atoms with Crippen LogP contribution in [-0.4, -0.2) is 57.2 Å².